The first-order valence-electron chi connectivity index (χ1n) is 7.24. The van der Waals surface area contributed by atoms with Gasteiger partial charge in [-0.1, -0.05) is 30.3 Å². The molecule has 7 heteroatoms. The molecule has 0 aliphatic heterocycles. The summed E-state index contributed by atoms with van der Waals surface area (Å²) in [4.78, 5) is 16.6. The second-order valence-corrected chi connectivity index (χ2v) is 6.40. The molecule has 2 aromatic rings. The Labute approximate surface area is 152 Å². The fraction of sp³-hybridized carbons (Fsp3) is 0.375. The molecule has 0 radical (unpaired) electrons. The number of carbonyl (C=O) groups excluding carboxylic acids is 1. The molecule has 1 fully saturated rings. The topological polar surface area (TPSA) is 68.0 Å². The summed E-state index contributed by atoms with van der Waals surface area (Å²) in [5, 5.41) is 5.93. The molecule has 1 atom stereocenters. The van der Waals surface area contributed by atoms with Crippen LogP contribution >= 0.6 is 36.2 Å². The van der Waals surface area contributed by atoms with Crippen molar-refractivity contribution in [2.45, 2.75) is 37.8 Å². The number of nitrogens with one attached hydrogen (secondary N) is 1. The molecule has 23 heavy (non-hydrogen) atoms. The lowest BCUT2D eigenvalue weighted by atomic mass is 10.1. The average Bonchev–Trinajstić information content (AvgIpc) is 3.25. The van der Waals surface area contributed by atoms with Crippen LogP contribution in [0.2, 0.25) is 0 Å². The molecular formula is C16H21Cl2N3OS. The Balaban J connectivity index is 0.00000132. The number of aromatic nitrogens is 1. The Kier molecular flexibility index (Phi) is 7.99. The van der Waals surface area contributed by atoms with Gasteiger partial charge in [-0.15, -0.1) is 36.2 Å². The standard InChI is InChI=1S/C16H19N3OS.2ClH/c17-13(8-11-4-2-1-3-5-11)16(20)18-9-15-19-14(10-21-15)12-6-7-12;;/h1-5,10,12-13H,6-9,17H2,(H,18,20);2*1H. The van der Waals surface area contributed by atoms with E-state index >= 15 is 0 Å². The van der Waals surface area contributed by atoms with Crippen LogP contribution in [-0.4, -0.2) is 16.9 Å². The van der Waals surface area contributed by atoms with E-state index in [2.05, 4.69) is 15.7 Å². The summed E-state index contributed by atoms with van der Waals surface area (Å²) in [5.41, 5.74) is 8.20. The molecule has 3 rings (SSSR count). The van der Waals surface area contributed by atoms with Gasteiger partial charge in [0.2, 0.25) is 5.91 Å². The van der Waals surface area contributed by atoms with Crippen molar-refractivity contribution in [3.8, 4) is 0 Å². The van der Waals surface area contributed by atoms with Gasteiger partial charge in [-0.3, -0.25) is 4.79 Å². The highest BCUT2D eigenvalue weighted by atomic mass is 35.5. The number of hydrogen-bond acceptors (Lipinski definition) is 4. The van der Waals surface area contributed by atoms with Crippen molar-refractivity contribution in [3.63, 3.8) is 0 Å². The Bertz CT molecular complexity index is 617. The highest BCUT2D eigenvalue weighted by molar-refractivity contribution is 7.09. The zero-order chi connectivity index (χ0) is 14.7. The molecule has 1 aromatic heterocycles. The van der Waals surface area contributed by atoms with Gasteiger partial charge in [0, 0.05) is 11.3 Å². The molecular weight excluding hydrogens is 353 g/mol. The van der Waals surface area contributed by atoms with E-state index in [0.717, 1.165) is 10.6 Å². The maximum absolute atomic E-state index is 12.0. The van der Waals surface area contributed by atoms with Crippen LogP contribution in [0.4, 0.5) is 0 Å². The van der Waals surface area contributed by atoms with E-state index in [9.17, 15) is 4.79 Å². The Morgan fingerprint density at radius 3 is 2.65 bits per heavy atom. The highest BCUT2D eigenvalue weighted by Gasteiger charge is 2.26. The maximum Gasteiger partial charge on any atom is 0.237 e. The van der Waals surface area contributed by atoms with Crippen LogP contribution < -0.4 is 11.1 Å². The molecule has 1 unspecified atom stereocenters. The molecule has 1 heterocycles. The van der Waals surface area contributed by atoms with E-state index in [1.807, 2.05) is 30.3 Å². The third-order valence-corrected chi connectivity index (χ3v) is 4.48. The molecule has 1 aliphatic carbocycles. The van der Waals surface area contributed by atoms with Crippen molar-refractivity contribution in [2.24, 2.45) is 5.73 Å². The van der Waals surface area contributed by atoms with Crippen molar-refractivity contribution in [1.82, 2.24) is 10.3 Å². The Hall–Kier alpha value is -1.14. The number of nitrogens with two attached hydrogens (primary N) is 1. The average molecular weight is 374 g/mol. The second-order valence-electron chi connectivity index (χ2n) is 5.45. The van der Waals surface area contributed by atoms with Crippen LogP contribution in [0, 0.1) is 0 Å². The van der Waals surface area contributed by atoms with E-state index in [1.54, 1.807) is 11.3 Å². The van der Waals surface area contributed by atoms with E-state index in [0.29, 0.717) is 18.9 Å². The van der Waals surface area contributed by atoms with Gasteiger partial charge in [0.1, 0.15) is 5.01 Å². The molecule has 3 N–H and O–H groups in total. The minimum atomic E-state index is -0.518. The molecule has 1 amide bonds. The SMILES string of the molecule is Cl.Cl.NC(Cc1ccccc1)C(=O)NCc1nc(C2CC2)cs1. The summed E-state index contributed by atoms with van der Waals surface area (Å²) < 4.78 is 0. The number of benzene rings is 1. The van der Waals surface area contributed by atoms with Crippen molar-refractivity contribution in [3.05, 3.63) is 52.0 Å². The highest BCUT2D eigenvalue weighted by Crippen LogP contribution is 2.40. The lowest BCUT2D eigenvalue weighted by Gasteiger charge is -2.11. The summed E-state index contributed by atoms with van der Waals surface area (Å²) >= 11 is 1.61. The van der Waals surface area contributed by atoms with Crippen LogP contribution in [0.15, 0.2) is 35.7 Å². The van der Waals surface area contributed by atoms with Gasteiger partial charge >= 0.3 is 0 Å². The van der Waals surface area contributed by atoms with Crippen LogP contribution in [0.3, 0.4) is 0 Å². The van der Waals surface area contributed by atoms with Gasteiger partial charge in [-0.05, 0) is 24.8 Å². The zero-order valence-electron chi connectivity index (χ0n) is 12.6. The first-order chi connectivity index (χ1) is 10.2. The number of nitrogens with zero attached hydrogens (tertiary/aromatic N) is 1. The largest absolute Gasteiger partial charge is 0.348 e. The lowest BCUT2D eigenvalue weighted by Crippen LogP contribution is -2.41. The van der Waals surface area contributed by atoms with Crippen LogP contribution in [0.25, 0.3) is 0 Å². The van der Waals surface area contributed by atoms with Gasteiger partial charge in [0.15, 0.2) is 0 Å². The predicted molar refractivity (Wildman–Crippen MR) is 98.6 cm³/mol. The minimum Gasteiger partial charge on any atom is -0.348 e. The molecule has 1 aliphatic rings. The maximum atomic E-state index is 12.0. The summed E-state index contributed by atoms with van der Waals surface area (Å²) in [7, 11) is 0. The van der Waals surface area contributed by atoms with Crippen molar-refractivity contribution >= 4 is 42.1 Å². The fourth-order valence-electron chi connectivity index (χ4n) is 2.23. The zero-order valence-corrected chi connectivity index (χ0v) is 15.1. The number of amides is 1. The number of thiazole rings is 1. The first kappa shape index (κ1) is 19.9. The normalized spacial score (nSPS) is 14.3. The van der Waals surface area contributed by atoms with E-state index in [1.165, 1.54) is 18.5 Å². The van der Waals surface area contributed by atoms with Crippen LogP contribution in [0.5, 0.6) is 0 Å². The molecule has 126 valence electrons. The molecule has 0 saturated heterocycles. The quantitative estimate of drug-likeness (QED) is 0.817. The van der Waals surface area contributed by atoms with Crippen LogP contribution in [-0.2, 0) is 17.8 Å². The van der Waals surface area contributed by atoms with Gasteiger partial charge in [0.05, 0.1) is 18.3 Å². The second kappa shape index (κ2) is 9.23. The number of carbonyl (C=O) groups is 1. The predicted octanol–water partition coefficient (Wildman–Crippen LogP) is 3.05. The van der Waals surface area contributed by atoms with E-state index in [-0.39, 0.29) is 30.7 Å². The smallest absolute Gasteiger partial charge is 0.237 e. The first-order valence-corrected chi connectivity index (χ1v) is 8.12. The Morgan fingerprint density at radius 2 is 2.00 bits per heavy atom. The van der Waals surface area contributed by atoms with Gasteiger partial charge in [-0.2, -0.15) is 0 Å². The third kappa shape index (κ3) is 5.77. The van der Waals surface area contributed by atoms with E-state index < -0.39 is 6.04 Å². The third-order valence-electron chi connectivity index (χ3n) is 3.61. The molecule has 1 aromatic carbocycles. The van der Waals surface area contributed by atoms with Gasteiger partial charge in [-0.25, -0.2) is 4.98 Å². The van der Waals surface area contributed by atoms with Gasteiger partial charge < -0.3 is 11.1 Å². The van der Waals surface area contributed by atoms with Crippen molar-refractivity contribution in [1.29, 1.82) is 0 Å². The summed E-state index contributed by atoms with van der Waals surface area (Å²) in [6.45, 7) is 0.471. The monoisotopic (exact) mass is 373 g/mol. The lowest BCUT2D eigenvalue weighted by molar-refractivity contribution is -0.122. The van der Waals surface area contributed by atoms with Crippen molar-refractivity contribution in [2.75, 3.05) is 0 Å². The molecule has 0 spiro atoms. The van der Waals surface area contributed by atoms with Crippen molar-refractivity contribution < 1.29 is 4.79 Å². The summed E-state index contributed by atoms with van der Waals surface area (Å²) in [6, 6.07) is 9.31. The fourth-order valence-corrected chi connectivity index (χ4v) is 3.04. The summed E-state index contributed by atoms with van der Waals surface area (Å²) in [5.74, 6) is 0.535. The molecule has 1 saturated carbocycles. The molecule has 4 nitrogen and oxygen atoms in total. The number of hydrogen-bond donors (Lipinski definition) is 2. The van der Waals surface area contributed by atoms with Crippen LogP contribution in [0.1, 0.15) is 35.0 Å². The minimum absolute atomic E-state index is 0. The van der Waals surface area contributed by atoms with E-state index in [4.69, 9.17) is 5.73 Å². The summed E-state index contributed by atoms with van der Waals surface area (Å²) in [6.07, 6.45) is 3.05. The number of halogens is 2. The Morgan fingerprint density at radius 1 is 1.30 bits per heavy atom. The number of rotatable bonds is 6. The van der Waals surface area contributed by atoms with Gasteiger partial charge in [0.25, 0.3) is 0 Å². The molecule has 0 bridgehead atoms.